The maximum atomic E-state index is 12.3. The van der Waals surface area contributed by atoms with E-state index in [1.54, 1.807) is 12.1 Å². The number of nitriles is 1. The first-order valence-corrected chi connectivity index (χ1v) is 11.5. The molecular weight excluding hydrogens is 399 g/mol. The van der Waals surface area contributed by atoms with E-state index in [0.29, 0.717) is 11.8 Å². The fourth-order valence-corrected chi connectivity index (χ4v) is 5.19. The molecule has 0 aliphatic heterocycles. The van der Waals surface area contributed by atoms with Crippen molar-refractivity contribution in [1.29, 1.82) is 5.26 Å². The third kappa shape index (κ3) is 8.09. The number of rotatable bonds is 7. The van der Waals surface area contributed by atoms with Crippen LogP contribution in [-0.2, 0) is 0 Å². The molecule has 0 unspecified atom stereocenters. The van der Waals surface area contributed by atoms with Gasteiger partial charge in [0, 0.05) is 6.08 Å². The summed E-state index contributed by atoms with van der Waals surface area (Å²) in [6.45, 7) is 0. The number of benzene rings is 1. The van der Waals surface area contributed by atoms with E-state index in [4.69, 9.17) is 5.26 Å². The van der Waals surface area contributed by atoms with Crippen molar-refractivity contribution < 1.29 is 17.9 Å². The van der Waals surface area contributed by atoms with Gasteiger partial charge >= 0.3 is 6.36 Å². The number of halogens is 3. The third-order valence-electron chi connectivity index (χ3n) is 6.97. The van der Waals surface area contributed by atoms with Crippen LogP contribution >= 0.6 is 0 Å². The highest BCUT2D eigenvalue weighted by molar-refractivity contribution is 5.29. The first-order valence-electron chi connectivity index (χ1n) is 11.5. The van der Waals surface area contributed by atoms with Gasteiger partial charge in [0.15, 0.2) is 0 Å². The maximum Gasteiger partial charge on any atom is 0.573 e. The standard InChI is InChI=1S/C26H32F3NO/c27-26(28,29)31-25-17-15-24(16-18-25)23-13-11-22(12-14-23)10-9-21-7-5-20(6-8-21)4-2-1-3-19-30/h1-4,15-18,20-23H,5-14H2/t20-,21-,22-,23-. The van der Waals surface area contributed by atoms with Crippen LogP contribution in [0.1, 0.15) is 75.7 Å². The lowest BCUT2D eigenvalue weighted by atomic mass is 9.74. The van der Waals surface area contributed by atoms with Gasteiger partial charge in [-0.25, -0.2) is 0 Å². The smallest absolute Gasteiger partial charge is 0.406 e. The van der Waals surface area contributed by atoms with Crippen molar-refractivity contribution in [3.8, 4) is 11.8 Å². The van der Waals surface area contributed by atoms with Crippen LogP contribution in [0.4, 0.5) is 13.2 Å². The summed E-state index contributed by atoms with van der Waals surface area (Å²) in [5, 5.41) is 8.51. The van der Waals surface area contributed by atoms with Gasteiger partial charge in [-0.3, -0.25) is 0 Å². The van der Waals surface area contributed by atoms with Crippen LogP contribution in [0, 0.1) is 29.1 Å². The Hall–Kier alpha value is -2.22. The highest BCUT2D eigenvalue weighted by Gasteiger charge is 2.31. The Morgan fingerprint density at radius 2 is 1.45 bits per heavy atom. The predicted octanol–water partition coefficient (Wildman–Crippen LogP) is 8.08. The highest BCUT2D eigenvalue weighted by atomic mass is 19.4. The number of alkyl halides is 3. The second kappa shape index (κ2) is 11.4. The lowest BCUT2D eigenvalue weighted by molar-refractivity contribution is -0.274. The molecule has 0 atom stereocenters. The van der Waals surface area contributed by atoms with Gasteiger partial charge in [0.25, 0.3) is 0 Å². The Morgan fingerprint density at radius 1 is 0.871 bits per heavy atom. The molecule has 3 rings (SSSR count). The Kier molecular flexibility index (Phi) is 8.63. The van der Waals surface area contributed by atoms with E-state index in [1.165, 1.54) is 69.6 Å². The van der Waals surface area contributed by atoms with Crippen molar-refractivity contribution in [3.63, 3.8) is 0 Å². The average Bonchev–Trinajstić information content (AvgIpc) is 2.76. The first-order chi connectivity index (χ1) is 14.9. The molecule has 2 saturated carbocycles. The molecule has 0 spiro atoms. The molecule has 2 aliphatic rings. The summed E-state index contributed by atoms with van der Waals surface area (Å²) < 4.78 is 40.9. The van der Waals surface area contributed by atoms with Gasteiger partial charge in [-0.05, 0) is 92.7 Å². The lowest BCUT2D eigenvalue weighted by Gasteiger charge is -2.31. The minimum atomic E-state index is -4.63. The number of allylic oxidation sites excluding steroid dienone is 4. The van der Waals surface area contributed by atoms with E-state index in [-0.39, 0.29) is 5.75 Å². The monoisotopic (exact) mass is 431 g/mol. The zero-order valence-corrected chi connectivity index (χ0v) is 18.0. The van der Waals surface area contributed by atoms with Gasteiger partial charge in [-0.15, -0.1) is 13.2 Å². The number of hydrogen-bond acceptors (Lipinski definition) is 2. The van der Waals surface area contributed by atoms with Gasteiger partial charge < -0.3 is 4.74 Å². The Labute approximate surface area is 183 Å². The van der Waals surface area contributed by atoms with Crippen LogP contribution < -0.4 is 4.74 Å². The fourth-order valence-electron chi connectivity index (χ4n) is 5.19. The summed E-state index contributed by atoms with van der Waals surface area (Å²) >= 11 is 0. The zero-order chi connectivity index (χ0) is 22.1. The zero-order valence-electron chi connectivity index (χ0n) is 18.0. The van der Waals surface area contributed by atoms with E-state index in [1.807, 2.05) is 18.2 Å². The van der Waals surface area contributed by atoms with Gasteiger partial charge in [-0.1, -0.05) is 43.2 Å². The van der Waals surface area contributed by atoms with Crippen LogP contribution in [0.5, 0.6) is 5.75 Å². The van der Waals surface area contributed by atoms with Crippen LogP contribution in [0.2, 0.25) is 0 Å². The largest absolute Gasteiger partial charge is 0.573 e. The van der Waals surface area contributed by atoms with Crippen LogP contribution in [0.15, 0.2) is 48.6 Å². The summed E-state index contributed by atoms with van der Waals surface area (Å²) in [7, 11) is 0. The second-order valence-electron chi connectivity index (χ2n) is 9.07. The average molecular weight is 432 g/mol. The van der Waals surface area contributed by atoms with E-state index in [9.17, 15) is 13.2 Å². The normalized spacial score (nSPS) is 27.4. The Balaban J connectivity index is 1.34. The Bertz CT molecular complexity index is 759. The molecule has 0 N–H and O–H groups in total. The van der Waals surface area contributed by atoms with E-state index in [2.05, 4.69) is 10.8 Å². The molecular formula is C26H32F3NO. The van der Waals surface area contributed by atoms with Crippen molar-refractivity contribution in [2.45, 2.75) is 76.5 Å². The fraction of sp³-hybridized carbons (Fsp3) is 0.577. The van der Waals surface area contributed by atoms with Crippen molar-refractivity contribution in [3.05, 3.63) is 54.1 Å². The molecule has 168 valence electrons. The van der Waals surface area contributed by atoms with Gasteiger partial charge in [0.05, 0.1) is 6.07 Å². The molecule has 0 saturated heterocycles. The minimum Gasteiger partial charge on any atom is -0.406 e. The molecule has 2 aliphatic carbocycles. The van der Waals surface area contributed by atoms with Crippen molar-refractivity contribution in [1.82, 2.24) is 0 Å². The molecule has 5 heteroatoms. The molecule has 2 fully saturated rings. The van der Waals surface area contributed by atoms with Gasteiger partial charge in [0.2, 0.25) is 0 Å². The third-order valence-corrected chi connectivity index (χ3v) is 6.97. The quantitative estimate of drug-likeness (QED) is 0.323. The van der Waals surface area contributed by atoms with Crippen LogP contribution in [0.3, 0.4) is 0 Å². The van der Waals surface area contributed by atoms with Crippen molar-refractivity contribution in [2.24, 2.45) is 17.8 Å². The summed E-state index contributed by atoms with van der Waals surface area (Å²) in [5.41, 5.74) is 1.13. The lowest BCUT2D eigenvalue weighted by Crippen LogP contribution is -2.18. The summed E-state index contributed by atoms with van der Waals surface area (Å²) in [4.78, 5) is 0. The minimum absolute atomic E-state index is 0.145. The SMILES string of the molecule is N#CC=CC=C[C@H]1CC[C@H](CC[C@H]2CC[C@H](c3ccc(OC(F)(F)F)cc3)CC2)CC1. The molecule has 0 radical (unpaired) electrons. The molecule has 1 aromatic carbocycles. The van der Waals surface area contributed by atoms with Gasteiger partial charge in [-0.2, -0.15) is 5.26 Å². The number of nitrogens with zero attached hydrogens (tertiary/aromatic N) is 1. The molecule has 1 aromatic rings. The van der Waals surface area contributed by atoms with Crippen LogP contribution in [0.25, 0.3) is 0 Å². The van der Waals surface area contributed by atoms with E-state index < -0.39 is 6.36 Å². The topological polar surface area (TPSA) is 33.0 Å². The van der Waals surface area contributed by atoms with Gasteiger partial charge in [0.1, 0.15) is 5.75 Å². The van der Waals surface area contributed by atoms with Crippen molar-refractivity contribution >= 4 is 0 Å². The highest BCUT2D eigenvalue weighted by Crippen LogP contribution is 2.40. The molecule has 31 heavy (non-hydrogen) atoms. The molecule has 0 aromatic heterocycles. The van der Waals surface area contributed by atoms with E-state index >= 15 is 0 Å². The second-order valence-corrected chi connectivity index (χ2v) is 9.07. The molecule has 0 bridgehead atoms. The Morgan fingerprint density at radius 3 is 2.00 bits per heavy atom. The summed E-state index contributed by atoms with van der Waals surface area (Å²) in [6, 6.07) is 8.44. The van der Waals surface area contributed by atoms with E-state index in [0.717, 1.165) is 30.2 Å². The molecule has 2 nitrogen and oxygen atoms in total. The predicted molar refractivity (Wildman–Crippen MR) is 116 cm³/mol. The van der Waals surface area contributed by atoms with Crippen LogP contribution in [-0.4, -0.2) is 6.36 Å². The summed E-state index contributed by atoms with van der Waals surface area (Å²) in [5.74, 6) is 2.60. The molecule has 0 amide bonds. The molecule has 0 heterocycles. The van der Waals surface area contributed by atoms with Crippen molar-refractivity contribution in [2.75, 3.05) is 0 Å². The number of hydrogen-bond donors (Lipinski definition) is 0. The first kappa shape index (κ1) is 23.4. The number of ether oxygens (including phenoxy) is 1. The summed E-state index contributed by atoms with van der Waals surface area (Å²) in [6.07, 6.45) is 15.4. The maximum absolute atomic E-state index is 12.3.